The zero-order chi connectivity index (χ0) is 15.1. The molecule has 0 aromatic heterocycles. The van der Waals surface area contributed by atoms with Gasteiger partial charge in [0.1, 0.15) is 17.1 Å². The molecular weight excluding hydrogens is 276 g/mol. The molecule has 0 aliphatic carbocycles. The Kier molecular flexibility index (Phi) is 2.95. The van der Waals surface area contributed by atoms with Crippen LogP contribution in [0.25, 0.3) is 0 Å². The van der Waals surface area contributed by atoms with E-state index in [1.54, 1.807) is 0 Å². The van der Waals surface area contributed by atoms with Crippen LogP contribution in [0.3, 0.4) is 0 Å². The van der Waals surface area contributed by atoms with Crippen LogP contribution >= 0.6 is 0 Å². The quantitative estimate of drug-likeness (QED) is 0.592. The van der Waals surface area contributed by atoms with Crippen molar-refractivity contribution in [2.24, 2.45) is 0 Å². The minimum absolute atomic E-state index is 0.0878. The fraction of sp³-hybridized carbons (Fsp3) is 0.133. The number of ether oxygens (including phenoxy) is 1. The molecule has 2 aromatic carbocycles. The van der Waals surface area contributed by atoms with E-state index in [2.05, 4.69) is 0 Å². The number of fused-ring (bicyclic) bond motifs is 1. The van der Waals surface area contributed by atoms with Crippen molar-refractivity contribution in [1.29, 1.82) is 0 Å². The number of benzene rings is 2. The topological polar surface area (TPSA) is 107 Å². The van der Waals surface area contributed by atoms with E-state index in [1.807, 2.05) is 0 Å². The molecule has 0 spiro atoms. The zero-order valence-corrected chi connectivity index (χ0v) is 10.7. The fourth-order valence-corrected chi connectivity index (χ4v) is 2.36. The molecule has 6 heteroatoms. The van der Waals surface area contributed by atoms with Crippen molar-refractivity contribution in [3.63, 3.8) is 0 Å². The van der Waals surface area contributed by atoms with Crippen molar-refractivity contribution < 1.29 is 30.0 Å². The van der Waals surface area contributed by atoms with E-state index in [-0.39, 0.29) is 28.4 Å². The number of carbonyl (C=O) groups is 1. The van der Waals surface area contributed by atoms with Crippen LogP contribution in [0.1, 0.15) is 22.0 Å². The molecule has 108 valence electrons. The SMILES string of the molecule is O=C1c2c(O)cccc2O[C@@H](c2cccc(O)c2O)[C@@H]1O. The van der Waals surface area contributed by atoms with E-state index in [0.717, 1.165) is 0 Å². The minimum Gasteiger partial charge on any atom is -0.507 e. The molecule has 0 saturated heterocycles. The van der Waals surface area contributed by atoms with Gasteiger partial charge in [0.15, 0.2) is 23.7 Å². The second kappa shape index (κ2) is 4.68. The van der Waals surface area contributed by atoms with Crippen LogP contribution in [0.5, 0.6) is 23.0 Å². The van der Waals surface area contributed by atoms with E-state index >= 15 is 0 Å². The number of aliphatic hydroxyl groups excluding tert-OH is 1. The first kappa shape index (κ1) is 13.3. The van der Waals surface area contributed by atoms with Crippen LogP contribution in [0.2, 0.25) is 0 Å². The van der Waals surface area contributed by atoms with Gasteiger partial charge in [0.2, 0.25) is 5.78 Å². The lowest BCUT2D eigenvalue weighted by Crippen LogP contribution is -2.36. The summed E-state index contributed by atoms with van der Waals surface area (Å²) in [5.74, 6) is -1.72. The Hall–Kier alpha value is -2.73. The highest BCUT2D eigenvalue weighted by atomic mass is 16.5. The summed E-state index contributed by atoms with van der Waals surface area (Å²) in [6, 6.07) is 8.46. The Balaban J connectivity index is 2.11. The molecule has 0 radical (unpaired) electrons. The van der Waals surface area contributed by atoms with Crippen LogP contribution in [0.4, 0.5) is 0 Å². The van der Waals surface area contributed by atoms with E-state index in [0.29, 0.717) is 0 Å². The zero-order valence-electron chi connectivity index (χ0n) is 10.7. The van der Waals surface area contributed by atoms with E-state index in [9.17, 15) is 25.2 Å². The van der Waals surface area contributed by atoms with Crippen molar-refractivity contribution in [2.75, 3.05) is 0 Å². The van der Waals surface area contributed by atoms with Crippen molar-refractivity contribution in [1.82, 2.24) is 0 Å². The maximum atomic E-state index is 12.2. The lowest BCUT2D eigenvalue weighted by atomic mass is 9.92. The first-order chi connectivity index (χ1) is 10.0. The maximum Gasteiger partial charge on any atom is 0.202 e. The number of para-hydroxylation sites is 1. The molecule has 2 atom stereocenters. The number of hydrogen-bond acceptors (Lipinski definition) is 6. The summed E-state index contributed by atoms with van der Waals surface area (Å²) in [6.07, 6.45) is -2.77. The summed E-state index contributed by atoms with van der Waals surface area (Å²) in [5, 5.41) is 39.2. The fourth-order valence-electron chi connectivity index (χ4n) is 2.36. The third-order valence-electron chi connectivity index (χ3n) is 3.41. The highest BCUT2D eigenvalue weighted by Gasteiger charge is 2.39. The summed E-state index contributed by atoms with van der Waals surface area (Å²) in [5.41, 5.74) is -0.00858. The number of rotatable bonds is 1. The molecule has 1 aliphatic rings. The number of aromatic hydroxyl groups is 3. The van der Waals surface area contributed by atoms with Gasteiger partial charge in [-0.1, -0.05) is 18.2 Å². The molecule has 6 nitrogen and oxygen atoms in total. The number of aliphatic hydroxyl groups is 1. The predicted octanol–water partition coefficient (Wildman–Crippen LogP) is 1.48. The van der Waals surface area contributed by atoms with Gasteiger partial charge in [-0.15, -0.1) is 0 Å². The Bertz CT molecular complexity index is 724. The van der Waals surface area contributed by atoms with Gasteiger partial charge in [0, 0.05) is 5.56 Å². The van der Waals surface area contributed by atoms with E-state index in [4.69, 9.17) is 4.74 Å². The van der Waals surface area contributed by atoms with Crippen molar-refractivity contribution in [2.45, 2.75) is 12.2 Å². The highest BCUT2D eigenvalue weighted by Crippen LogP contribution is 2.42. The largest absolute Gasteiger partial charge is 0.507 e. The van der Waals surface area contributed by atoms with Gasteiger partial charge < -0.3 is 25.2 Å². The standard InChI is InChI=1S/C15H12O6/c16-8-4-2-6-10-11(8)13(19)14(20)15(21-10)7-3-1-5-9(17)12(7)18/h1-6,14-18,20H/t14-,15+/m1/s1. The Morgan fingerprint density at radius 2 is 1.62 bits per heavy atom. The van der Waals surface area contributed by atoms with Crippen LogP contribution in [-0.2, 0) is 0 Å². The van der Waals surface area contributed by atoms with E-state index in [1.165, 1.54) is 36.4 Å². The number of carbonyl (C=O) groups excluding carboxylic acids is 1. The minimum atomic E-state index is -1.60. The van der Waals surface area contributed by atoms with Crippen molar-refractivity contribution in [3.8, 4) is 23.0 Å². The number of phenols is 3. The molecule has 1 heterocycles. The lowest BCUT2D eigenvalue weighted by Gasteiger charge is -2.30. The average molecular weight is 288 g/mol. The van der Waals surface area contributed by atoms with E-state index < -0.39 is 23.7 Å². The molecule has 0 amide bonds. The first-order valence-electron chi connectivity index (χ1n) is 6.22. The summed E-state index contributed by atoms with van der Waals surface area (Å²) >= 11 is 0. The number of phenolic OH excluding ortho intramolecular Hbond substituents is 3. The average Bonchev–Trinajstić information content (AvgIpc) is 2.46. The maximum absolute atomic E-state index is 12.2. The van der Waals surface area contributed by atoms with Gasteiger partial charge in [-0.05, 0) is 18.2 Å². The second-order valence-corrected chi connectivity index (χ2v) is 4.71. The molecule has 0 saturated carbocycles. The normalized spacial score (nSPS) is 20.7. The molecule has 2 aromatic rings. The molecule has 4 N–H and O–H groups in total. The Morgan fingerprint density at radius 3 is 2.38 bits per heavy atom. The Morgan fingerprint density at radius 1 is 0.952 bits per heavy atom. The third-order valence-corrected chi connectivity index (χ3v) is 3.41. The second-order valence-electron chi connectivity index (χ2n) is 4.71. The van der Waals surface area contributed by atoms with Crippen LogP contribution < -0.4 is 4.74 Å². The number of ketones is 1. The van der Waals surface area contributed by atoms with Crippen LogP contribution in [0.15, 0.2) is 36.4 Å². The summed E-state index contributed by atoms with van der Waals surface area (Å²) in [6.45, 7) is 0. The molecule has 0 unspecified atom stereocenters. The van der Waals surface area contributed by atoms with Gasteiger partial charge in [-0.2, -0.15) is 0 Å². The summed E-state index contributed by atoms with van der Waals surface area (Å²) in [4.78, 5) is 12.2. The first-order valence-corrected chi connectivity index (χ1v) is 6.22. The Labute approximate surface area is 119 Å². The number of Topliss-reactive ketones (excluding diaryl/α,β-unsaturated/α-hetero) is 1. The molecule has 3 rings (SSSR count). The number of hydrogen-bond donors (Lipinski definition) is 4. The van der Waals surface area contributed by atoms with Gasteiger partial charge in [0.25, 0.3) is 0 Å². The van der Waals surface area contributed by atoms with Crippen molar-refractivity contribution >= 4 is 5.78 Å². The lowest BCUT2D eigenvalue weighted by molar-refractivity contribution is 0.0203. The van der Waals surface area contributed by atoms with Crippen LogP contribution in [-0.4, -0.2) is 32.3 Å². The van der Waals surface area contributed by atoms with Crippen molar-refractivity contribution in [3.05, 3.63) is 47.5 Å². The third kappa shape index (κ3) is 1.96. The molecule has 0 bridgehead atoms. The molecular formula is C15H12O6. The van der Waals surface area contributed by atoms with Gasteiger partial charge >= 0.3 is 0 Å². The highest BCUT2D eigenvalue weighted by molar-refractivity contribution is 6.05. The van der Waals surface area contributed by atoms with Gasteiger partial charge in [-0.3, -0.25) is 4.79 Å². The van der Waals surface area contributed by atoms with Gasteiger partial charge in [-0.25, -0.2) is 0 Å². The summed E-state index contributed by atoms with van der Waals surface area (Å²) < 4.78 is 5.52. The molecule has 1 aliphatic heterocycles. The summed E-state index contributed by atoms with van der Waals surface area (Å²) in [7, 11) is 0. The molecule has 0 fully saturated rings. The van der Waals surface area contributed by atoms with Gasteiger partial charge in [0.05, 0.1) is 0 Å². The molecule has 21 heavy (non-hydrogen) atoms. The monoisotopic (exact) mass is 288 g/mol. The smallest absolute Gasteiger partial charge is 0.202 e. The predicted molar refractivity (Wildman–Crippen MR) is 71.6 cm³/mol. The van der Waals surface area contributed by atoms with Crippen LogP contribution in [0, 0.1) is 0 Å².